The van der Waals surface area contributed by atoms with E-state index in [1.165, 1.54) is 18.0 Å². The molecule has 0 fully saturated rings. The number of hydrogen-bond donors (Lipinski definition) is 2. The van der Waals surface area contributed by atoms with Crippen LogP contribution in [0.25, 0.3) is 10.9 Å². The molecule has 2 aromatic carbocycles. The Bertz CT molecular complexity index is 956. The first kappa shape index (κ1) is 17.6. The van der Waals surface area contributed by atoms with E-state index in [2.05, 4.69) is 60.1 Å². The number of nitrogens with zero attached hydrogens (tertiary/aromatic N) is 2. The van der Waals surface area contributed by atoms with Crippen molar-refractivity contribution in [1.82, 2.24) is 9.97 Å². The van der Waals surface area contributed by atoms with Crippen LogP contribution in [-0.2, 0) is 10.2 Å². The van der Waals surface area contributed by atoms with Crippen molar-refractivity contribution in [2.24, 2.45) is 0 Å². The number of rotatable bonds is 4. The van der Waals surface area contributed by atoms with Gasteiger partial charge in [0.15, 0.2) is 0 Å². The normalized spacial score (nSPS) is 11.2. The first-order valence-corrected chi connectivity index (χ1v) is 8.42. The molecule has 0 saturated carbocycles. The van der Waals surface area contributed by atoms with Gasteiger partial charge in [-0.05, 0) is 47.4 Å². The Morgan fingerprint density at radius 1 is 1.04 bits per heavy atom. The summed E-state index contributed by atoms with van der Waals surface area (Å²) < 4.78 is 0. The molecule has 5 nitrogen and oxygen atoms in total. The molecule has 1 aromatic heterocycles. The van der Waals surface area contributed by atoms with Gasteiger partial charge in [0.2, 0.25) is 5.91 Å². The molecule has 0 bridgehead atoms. The second-order valence-corrected chi connectivity index (χ2v) is 7.10. The highest BCUT2D eigenvalue weighted by Gasteiger charge is 2.13. The van der Waals surface area contributed by atoms with Crippen LogP contribution in [0.5, 0.6) is 0 Å². The molecule has 3 rings (SSSR count). The lowest BCUT2D eigenvalue weighted by Gasteiger charge is -2.19. The highest BCUT2D eigenvalue weighted by atomic mass is 16.1. The van der Waals surface area contributed by atoms with Crippen LogP contribution in [-0.4, -0.2) is 15.9 Å². The van der Waals surface area contributed by atoms with Gasteiger partial charge in [0.25, 0.3) is 0 Å². The van der Waals surface area contributed by atoms with Crippen molar-refractivity contribution < 1.29 is 4.79 Å². The summed E-state index contributed by atoms with van der Waals surface area (Å²) >= 11 is 0. The monoisotopic (exact) mass is 346 g/mol. The predicted molar refractivity (Wildman–Crippen MR) is 107 cm³/mol. The first-order chi connectivity index (χ1) is 12.4. The minimum Gasteiger partial charge on any atom is -0.340 e. The standard InChI is InChI=1S/C21H22N4O/c1-5-19(26)24-16-10-11-18-17(12-16)20(23-13-22-18)25-15-8-6-14(7-9-15)21(2,3)4/h5-13H,1H2,2-4H3,(H,24,26)(H,22,23,25). The minimum atomic E-state index is -0.256. The van der Waals surface area contributed by atoms with Gasteiger partial charge in [-0.1, -0.05) is 39.5 Å². The van der Waals surface area contributed by atoms with Crippen molar-refractivity contribution in [3.8, 4) is 0 Å². The summed E-state index contributed by atoms with van der Waals surface area (Å²) in [6.45, 7) is 10.0. The third kappa shape index (κ3) is 3.88. The van der Waals surface area contributed by atoms with Crippen molar-refractivity contribution in [2.45, 2.75) is 26.2 Å². The van der Waals surface area contributed by atoms with E-state index in [9.17, 15) is 4.79 Å². The lowest BCUT2D eigenvalue weighted by Crippen LogP contribution is -2.10. The van der Waals surface area contributed by atoms with E-state index in [1.54, 1.807) is 6.07 Å². The summed E-state index contributed by atoms with van der Waals surface area (Å²) in [5, 5.41) is 6.92. The van der Waals surface area contributed by atoms with Gasteiger partial charge in [-0.2, -0.15) is 0 Å². The molecule has 1 amide bonds. The highest BCUT2D eigenvalue weighted by molar-refractivity contribution is 6.01. The maximum absolute atomic E-state index is 11.5. The topological polar surface area (TPSA) is 66.9 Å². The molecular weight excluding hydrogens is 324 g/mol. The van der Waals surface area contributed by atoms with Crippen molar-refractivity contribution in [3.63, 3.8) is 0 Å². The zero-order chi connectivity index (χ0) is 18.7. The van der Waals surface area contributed by atoms with Gasteiger partial charge in [-0.25, -0.2) is 9.97 Å². The van der Waals surface area contributed by atoms with Gasteiger partial charge in [0.1, 0.15) is 12.1 Å². The summed E-state index contributed by atoms with van der Waals surface area (Å²) in [5.74, 6) is 0.432. The smallest absolute Gasteiger partial charge is 0.247 e. The van der Waals surface area contributed by atoms with Crippen molar-refractivity contribution in [3.05, 3.63) is 67.0 Å². The summed E-state index contributed by atoms with van der Waals surface area (Å²) in [4.78, 5) is 20.2. The van der Waals surface area contributed by atoms with E-state index in [0.717, 1.165) is 16.6 Å². The first-order valence-electron chi connectivity index (χ1n) is 8.42. The number of anilines is 3. The molecule has 0 saturated heterocycles. The number of nitrogens with one attached hydrogen (secondary N) is 2. The number of amides is 1. The lowest BCUT2D eigenvalue weighted by atomic mass is 9.87. The van der Waals surface area contributed by atoms with E-state index in [0.29, 0.717) is 11.5 Å². The average Bonchev–Trinajstić information content (AvgIpc) is 2.62. The van der Waals surface area contributed by atoms with E-state index in [-0.39, 0.29) is 11.3 Å². The van der Waals surface area contributed by atoms with E-state index >= 15 is 0 Å². The van der Waals surface area contributed by atoms with Gasteiger partial charge in [-0.15, -0.1) is 0 Å². The van der Waals surface area contributed by atoms with Crippen LogP contribution in [0.15, 0.2) is 61.4 Å². The molecule has 1 heterocycles. The van der Waals surface area contributed by atoms with Gasteiger partial charge in [0, 0.05) is 16.8 Å². The third-order valence-corrected chi connectivity index (χ3v) is 4.10. The summed E-state index contributed by atoms with van der Waals surface area (Å²) in [7, 11) is 0. The molecule has 132 valence electrons. The molecule has 0 unspecified atom stereocenters. The second-order valence-electron chi connectivity index (χ2n) is 7.10. The maximum Gasteiger partial charge on any atom is 0.247 e. The zero-order valence-electron chi connectivity index (χ0n) is 15.2. The minimum absolute atomic E-state index is 0.110. The molecule has 0 aliphatic heterocycles. The Hall–Kier alpha value is -3.21. The average molecular weight is 346 g/mol. The van der Waals surface area contributed by atoms with Crippen LogP contribution in [0.4, 0.5) is 17.2 Å². The molecule has 3 aromatic rings. The van der Waals surface area contributed by atoms with Crippen LogP contribution in [0.2, 0.25) is 0 Å². The molecule has 0 spiro atoms. The third-order valence-electron chi connectivity index (χ3n) is 4.10. The summed E-state index contributed by atoms with van der Waals surface area (Å²) in [6.07, 6.45) is 2.76. The molecule has 2 N–H and O–H groups in total. The molecular formula is C21H22N4O. The molecule has 0 aliphatic carbocycles. The Morgan fingerprint density at radius 2 is 1.73 bits per heavy atom. The fourth-order valence-electron chi connectivity index (χ4n) is 2.62. The van der Waals surface area contributed by atoms with Gasteiger partial charge >= 0.3 is 0 Å². The number of fused-ring (bicyclic) bond motifs is 1. The number of carbonyl (C=O) groups excluding carboxylic acids is 1. The fourth-order valence-corrected chi connectivity index (χ4v) is 2.62. The van der Waals surface area contributed by atoms with Gasteiger partial charge < -0.3 is 10.6 Å². The molecule has 5 heteroatoms. The van der Waals surface area contributed by atoms with Crippen LogP contribution in [0.1, 0.15) is 26.3 Å². The second kappa shape index (κ2) is 6.96. The lowest BCUT2D eigenvalue weighted by molar-refractivity contribution is -0.111. The predicted octanol–water partition coefficient (Wildman–Crippen LogP) is 4.80. The number of aromatic nitrogens is 2. The Morgan fingerprint density at radius 3 is 2.38 bits per heavy atom. The van der Waals surface area contributed by atoms with Crippen LogP contribution in [0, 0.1) is 0 Å². The molecule has 26 heavy (non-hydrogen) atoms. The van der Waals surface area contributed by atoms with E-state index in [1.807, 2.05) is 24.3 Å². The molecule has 0 atom stereocenters. The quantitative estimate of drug-likeness (QED) is 0.666. The van der Waals surface area contributed by atoms with Crippen LogP contribution in [0.3, 0.4) is 0 Å². The Kier molecular flexibility index (Phi) is 4.71. The van der Waals surface area contributed by atoms with Crippen molar-refractivity contribution in [1.29, 1.82) is 0 Å². The fraction of sp³-hybridized carbons (Fsp3) is 0.190. The summed E-state index contributed by atoms with van der Waals surface area (Å²) in [5.41, 5.74) is 3.79. The van der Waals surface area contributed by atoms with Gasteiger partial charge in [-0.3, -0.25) is 4.79 Å². The number of benzene rings is 2. The molecule has 0 aliphatic rings. The van der Waals surface area contributed by atoms with Crippen molar-refractivity contribution in [2.75, 3.05) is 10.6 Å². The SMILES string of the molecule is C=CC(=O)Nc1ccc2ncnc(Nc3ccc(C(C)(C)C)cc3)c2c1. The zero-order valence-corrected chi connectivity index (χ0v) is 15.2. The van der Waals surface area contributed by atoms with Gasteiger partial charge in [0.05, 0.1) is 5.52 Å². The Labute approximate surface area is 153 Å². The number of carbonyl (C=O) groups is 1. The highest BCUT2D eigenvalue weighted by Crippen LogP contribution is 2.28. The van der Waals surface area contributed by atoms with E-state index < -0.39 is 0 Å². The van der Waals surface area contributed by atoms with Crippen molar-refractivity contribution >= 4 is 34.0 Å². The maximum atomic E-state index is 11.5. The molecule has 0 radical (unpaired) electrons. The Balaban J connectivity index is 1.92. The van der Waals surface area contributed by atoms with Crippen LogP contribution >= 0.6 is 0 Å². The number of hydrogen-bond acceptors (Lipinski definition) is 4. The largest absolute Gasteiger partial charge is 0.340 e. The summed E-state index contributed by atoms with van der Waals surface area (Å²) in [6, 6.07) is 13.8. The van der Waals surface area contributed by atoms with E-state index in [4.69, 9.17) is 0 Å². The van der Waals surface area contributed by atoms with Crippen LogP contribution < -0.4 is 10.6 Å².